The number of hydrogen-bond donors (Lipinski definition) is 2. The van der Waals surface area contributed by atoms with Gasteiger partial charge in [-0.3, -0.25) is 5.43 Å². The van der Waals surface area contributed by atoms with Gasteiger partial charge in [0, 0.05) is 18.2 Å². The van der Waals surface area contributed by atoms with Crippen LogP contribution >= 0.6 is 12.2 Å². The summed E-state index contributed by atoms with van der Waals surface area (Å²) in [5, 5.41) is 8.46. The van der Waals surface area contributed by atoms with Crippen LogP contribution in [0.5, 0.6) is 11.5 Å². The molecule has 25 heavy (non-hydrogen) atoms. The molecular weight excluding hydrogens is 334 g/mol. The van der Waals surface area contributed by atoms with Crippen LogP contribution in [0.1, 0.15) is 37.7 Å². The zero-order chi connectivity index (χ0) is 16.8. The van der Waals surface area contributed by atoms with E-state index < -0.39 is 0 Å². The van der Waals surface area contributed by atoms with Gasteiger partial charge in [-0.25, -0.2) is 0 Å². The highest BCUT2D eigenvalue weighted by Crippen LogP contribution is 2.57. The van der Waals surface area contributed by atoms with E-state index in [4.69, 9.17) is 21.7 Å². The van der Waals surface area contributed by atoms with Gasteiger partial charge in [0.2, 0.25) is 6.79 Å². The molecule has 4 atom stereocenters. The van der Waals surface area contributed by atoms with E-state index in [0.717, 1.165) is 34.8 Å². The van der Waals surface area contributed by atoms with E-state index in [9.17, 15) is 0 Å². The van der Waals surface area contributed by atoms with Crippen LogP contribution in [-0.4, -0.2) is 17.6 Å². The van der Waals surface area contributed by atoms with Gasteiger partial charge in [0.1, 0.15) is 0 Å². The normalized spacial score (nSPS) is 32.9. The third-order valence-corrected chi connectivity index (χ3v) is 6.63. The Morgan fingerprint density at radius 3 is 3.04 bits per heavy atom. The van der Waals surface area contributed by atoms with Gasteiger partial charge in [-0.05, 0) is 73.4 Å². The zero-order valence-corrected chi connectivity index (χ0v) is 15.0. The van der Waals surface area contributed by atoms with E-state index in [0.29, 0.717) is 24.4 Å². The maximum Gasteiger partial charge on any atom is 0.231 e. The molecular formula is C19H23N3O2S. The monoisotopic (exact) mass is 357 g/mol. The van der Waals surface area contributed by atoms with Crippen LogP contribution in [-0.2, 0) is 6.54 Å². The fourth-order valence-electron chi connectivity index (χ4n) is 5.34. The maximum absolute atomic E-state index is 5.40. The fraction of sp³-hybridized carbons (Fsp3) is 0.579. The second-order valence-corrected chi connectivity index (χ2v) is 8.06. The number of rotatable bonds is 3. The zero-order valence-electron chi connectivity index (χ0n) is 14.2. The number of benzene rings is 1. The molecule has 5 rings (SSSR count). The van der Waals surface area contributed by atoms with E-state index >= 15 is 0 Å². The standard InChI is InChI=1S/C19H23N3O2S/c25-19(20-9-11-4-5-17-18(6-11)24-10-23-17)22-21-16-8-12-7-15(16)14-3-1-2-13(12)14/h4-6,12-15H,1-3,7-10H2,(H2,20,22,25)/b21-16+/t12-,13+,14-,15-/m0/s1. The Bertz CT molecular complexity index is 735. The molecule has 1 aromatic carbocycles. The second-order valence-electron chi connectivity index (χ2n) is 7.65. The van der Waals surface area contributed by atoms with Crippen molar-refractivity contribution >= 4 is 23.0 Å². The fourth-order valence-corrected chi connectivity index (χ4v) is 5.46. The van der Waals surface area contributed by atoms with E-state index in [-0.39, 0.29) is 0 Å². The summed E-state index contributed by atoms with van der Waals surface area (Å²) in [7, 11) is 0. The molecule has 0 unspecified atom stereocenters. The van der Waals surface area contributed by atoms with Crippen molar-refractivity contribution in [2.24, 2.45) is 28.8 Å². The van der Waals surface area contributed by atoms with Crippen molar-refractivity contribution in [3.63, 3.8) is 0 Å². The number of nitrogens with one attached hydrogen (secondary N) is 2. The predicted molar refractivity (Wildman–Crippen MR) is 99.6 cm³/mol. The Morgan fingerprint density at radius 1 is 1.20 bits per heavy atom. The molecule has 1 heterocycles. The lowest BCUT2D eigenvalue weighted by molar-refractivity contribution is 0.174. The van der Waals surface area contributed by atoms with Gasteiger partial charge >= 0.3 is 0 Å². The van der Waals surface area contributed by atoms with Crippen molar-refractivity contribution in [3.05, 3.63) is 23.8 Å². The molecule has 0 amide bonds. The molecule has 5 nitrogen and oxygen atoms in total. The molecule has 132 valence electrons. The summed E-state index contributed by atoms with van der Waals surface area (Å²) in [5.74, 6) is 5.08. The molecule has 4 aliphatic rings. The number of ether oxygens (including phenoxy) is 2. The highest BCUT2D eigenvalue weighted by Gasteiger charge is 2.52. The molecule has 0 spiro atoms. The third kappa shape index (κ3) is 2.76. The first-order chi connectivity index (χ1) is 12.3. The number of hydrogen-bond acceptors (Lipinski definition) is 4. The average molecular weight is 357 g/mol. The van der Waals surface area contributed by atoms with E-state index in [1.54, 1.807) is 0 Å². The van der Waals surface area contributed by atoms with Crippen molar-refractivity contribution in [2.45, 2.75) is 38.6 Å². The van der Waals surface area contributed by atoms with Gasteiger partial charge < -0.3 is 14.8 Å². The van der Waals surface area contributed by atoms with Gasteiger partial charge in [0.15, 0.2) is 16.6 Å². The van der Waals surface area contributed by atoms with Crippen molar-refractivity contribution in [2.75, 3.05) is 6.79 Å². The first-order valence-electron chi connectivity index (χ1n) is 9.27. The Morgan fingerprint density at radius 2 is 2.08 bits per heavy atom. The van der Waals surface area contributed by atoms with Crippen molar-refractivity contribution in [3.8, 4) is 11.5 Å². The van der Waals surface area contributed by atoms with Crippen LogP contribution < -0.4 is 20.2 Å². The first kappa shape index (κ1) is 15.4. The van der Waals surface area contributed by atoms with Crippen LogP contribution in [0.3, 0.4) is 0 Å². The Labute approximate surface area is 153 Å². The summed E-state index contributed by atoms with van der Waals surface area (Å²) >= 11 is 5.38. The van der Waals surface area contributed by atoms with Gasteiger partial charge in [0.05, 0.1) is 0 Å². The molecule has 3 saturated carbocycles. The smallest absolute Gasteiger partial charge is 0.231 e. The molecule has 1 aliphatic heterocycles. The topological polar surface area (TPSA) is 54.9 Å². The van der Waals surface area contributed by atoms with Crippen LogP contribution in [0, 0.1) is 23.7 Å². The van der Waals surface area contributed by atoms with Crippen LogP contribution in [0.25, 0.3) is 0 Å². The van der Waals surface area contributed by atoms with Crippen molar-refractivity contribution < 1.29 is 9.47 Å². The van der Waals surface area contributed by atoms with Crippen molar-refractivity contribution in [1.29, 1.82) is 0 Å². The lowest BCUT2D eigenvalue weighted by Crippen LogP contribution is -2.34. The van der Waals surface area contributed by atoms with Gasteiger partial charge in [0.25, 0.3) is 0 Å². The lowest BCUT2D eigenvalue weighted by atomic mass is 9.81. The van der Waals surface area contributed by atoms with E-state index in [1.165, 1.54) is 37.8 Å². The Kier molecular flexibility index (Phi) is 3.81. The van der Waals surface area contributed by atoms with Crippen LogP contribution in [0.2, 0.25) is 0 Å². The summed E-state index contributed by atoms with van der Waals surface area (Å²) in [5.41, 5.74) is 5.52. The van der Waals surface area contributed by atoms with Gasteiger partial charge in [-0.1, -0.05) is 12.5 Å². The average Bonchev–Trinajstić information content (AvgIpc) is 3.39. The predicted octanol–water partition coefficient (Wildman–Crippen LogP) is 3.19. The SMILES string of the molecule is S=C(NCc1ccc2c(c1)OCO2)N/N=C1\C[C@@H]2C[C@H]1[C@H]1CCC[C@H]21. The minimum absolute atomic E-state index is 0.299. The lowest BCUT2D eigenvalue weighted by Gasteiger charge is -2.25. The summed E-state index contributed by atoms with van der Waals surface area (Å²) in [6.07, 6.45) is 6.79. The summed E-state index contributed by atoms with van der Waals surface area (Å²) in [4.78, 5) is 0. The number of hydrazone groups is 1. The molecule has 1 aromatic rings. The Balaban J connectivity index is 1.15. The second kappa shape index (κ2) is 6.16. The third-order valence-electron chi connectivity index (χ3n) is 6.39. The van der Waals surface area contributed by atoms with E-state index in [1.807, 2.05) is 18.2 Å². The van der Waals surface area contributed by atoms with Gasteiger partial charge in [-0.2, -0.15) is 5.10 Å². The molecule has 0 radical (unpaired) electrons. The van der Waals surface area contributed by atoms with E-state index in [2.05, 4.69) is 15.8 Å². The number of fused-ring (bicyclic) bond motifs is 6. The quantitative estimate of drug-likeness (QED) is 0.643. The molecule has 0 saturated heterocycles. The van der Waals surface area contributed by atoms with Crippen LogP contribution in [0.15, 0.2) is 23.3 Å². The molecule has 6 heteroatoms. The molecule has 3 aliphatic carbocycles. The minimum Gasteiger partial charge on any atom is -0.454 e. The summed E-state index contributed by atoms with van der Waals surface area (Å²) in [6.45, 7) is 0.942. The van der Waals surface area contributed by atoms with Gasteiger partial charge in [-0.15, -0.1) is 0 Å². The largest absolute Gasteiger partial charge is 0.454 e. The number of thiocarbonyl (C=S) groups is 1. The first-order valence-corrected chi connectivity index (χ1v) is 9.67. The van der Waals surface area contributed by atoms with Crippen LogP contribution in [0.4, 0.5) is 0 Å². The maximum atomic E-state index is 5.40. The molecule has 3 fully saturated rings. The minimum atomic E-state index is 0.299. The molecule has 2 bridgehead atoms. The summed E-state index contributed by atoms with van der Waals surface area (Å²) in [6, 6.07) is 5.94. The highest BCUT2D eigenvalue weighted by atomic mass is 32.1. The molecule has 0 aromatic heterocycles. The van der Waals surface area contributed by atoms with Crippen molar-refractivity contribution in [1.82, 2.24) is 10.7 Å². The number of nitrogens with zero attached hydrogens (tertiary/aromatic N) is 1. The molecule has 2 N–H and O–H groups in total. The highest BCUT2D eigenvalue weighted by molar-refractivity contribution is 7.80. The Hall–Kier alpha value is -1.82. The summed E-state index contributed by atoms with van der Waals surface area (Å²) < 4.78 is 10.7.